The number of amides is 1. The highest BCUT2D eigenvalue weighted by Gasteiger charge is 2.38. The zero-order chi connectivity index (χ0) is 20.3. The van der Waals surface area contributed by atoms with Crippen molar-refractivity contribution in [3.05, 3.63) is 29.8 Å². The number of hydrogen-bond donors (Lipinski definition) is 4. The maximum atomic E-state index is 11.4. The van der Waals surface area contributed by atoms with E-state index in [1.54, 1.807) is 7.11 Å². The third-order valence-corrected chi connectivity index (χ3v) is 2.85. The van der Waals surface area contributed by atoms with Crippen LogP contribution >= 0.6 is 0 Å². The Morgan fingerprint density at radius 3 is 2.08 bits per heavy atom. The largest absolute Gasteiger partial charge is 0.497 e. The van der Waals surface area contributed by atoms with Crippen molar-refractivity contribution < 1.29 is 42.5 Å². The van der Waals surface area contributed by atoms with Crippen LogP contribution in [0.2, 0.25) is 0 Å². The molecule has 0 saturated carbocycles. The first-order valence-electron chi connectivity index (χ1n) is 7.15. The fraction of sp³-hybridized carbons (Fsp3) is 0.400. The number of aliphatic carboxylic acids is 2. The van der Waals surface area contributed by atoms with Crippen molar-refractivity contribution in [2.75, 3.05) is 13.7 Å². The van der Waals surface area contributed by atoms with Crippen LogP contribution in [0.25, 0.3) is 0 Å². The van der Waals surface area contributed by atoms with Gasteiger partial charge >= 0.3 is 18.1 Å². The number of rotatable bonds is 7. The average Bonchev–Trinajstić information content (AvgIpc) is 2.54. The summed E-state index contributed by atoms with van der Waals surface area (Å²) in [4.78, 5) is 30.7. The predicted octanol–water partition coefficient (Wildman–Crippen LogP) is 0.789. The smallest absolute Gasteiger partial charge is 0.490 e. The molecule has 0 fully saturated rings. The number of carboxylic acids is 2. The molecule has 11 heteroatoms. The number of benzene rings is 1. The molecule has 26 heavy (non-hydrogen) atoms. The Balaban J connectivity index is 0.000000758. The molecule has 1 aromatic rings. The molecular weight excluding hydrogens is 361 g/mol. The van der Waals surface area contributed by atoms with Gasteiger partial charge in [-0.2, -0.15) is 13.2 Å². The number of ether oxygens (including phenoxy) is 1. The van der Waals surface area contributed by atoms with Gasteiger partial charge in [-0.3, -0.25) is 9.59 Å². The molecule has 0 radical (unpaired) electrons. The SMILES string of the molecule is COc1ccc(CCNC(=O)[C@@H](N)CC(=O)O)cc1.O=C(O)C(F)(F)F. The number of nitrogens with one attached hydrogen (secondary N) is 1. The molecule has 0 aliphatic rings. The lowest BCUT2D eigenvalue weighted by Gasteiger charge is -2.10. The Labute approximate surface area is 146 Å². The Hall–Kier alpha value is -2.82. The van der Waals surface area contributed by atoms with Crippen molar-refractivity contribution in [2.45, 2.75) is 25.1 Å². The molecule has 0 unspecified atom stereocenters. The lowest BCUT2D eigenvalue weighted by molar-refractivity contribution is -0.192. The minimum absolute atomic E-state index is 0.367. The van der Waals surface area contributed by atoms with E-state index in [0.29, 0.717) is 13.0 Å². The maximum Gasteiger partial charge on any atom is 0.490 e. The molecule has 0 bridgehead atoms. The van der Waals surface area contributed by atoms with Gasteiger partial charge in [0.2, 0.25) is 5.91 Å². The van der Waals surface area contributed by atoms with Crippen molar-refractivity contribution in [1.29, 1.82) is 0 Å². The molecule has 5 N–H and O–H groups in total. The van der Waals surface area contributed by atoms with Crippen LogP contribution in [-0.4, -0.2) is 53.9 Å². The summed E-state index contributed by atoms with van der Waals surface area (Å²) >= 11 is 0. The van der Waals surface area contributed by atoms with E-state index < -0.39 is 30.1 Å². The molecule has 0 heterocycles. The normalized spacial score (nSPS) is 11.6. The summed E-state index contributed by atoms with van der Waals surface area (Å²) in [6.45, 7) is 0.415. The van der Waals surface area contributed by atoms with Crippen LogP contribution in [0.3, 0.4) is 0 Å². The summed E-state index contributed by atoms with van der Waals surface area (Å²) in [6, 6.07) is 6.48. The summed E-state index contributed by atoms with van der Waals surface area (Å²) in [6.07, 6.45) is -4.80. The molecule has 0 aliphatic carbocycles. The van der Waals surface area contributed by atoms with Gasteiger partial charge in [-0.1, -0.05) is 12.1 Å². The second kappa shape index (κ2) is 10.9. The van der Waals surface area contributed by atoms with Crippen LogP contribution in [-0.2, 0) is 20.8 Å². The second-order valence-corrected chi connectivity index (χ2v) is 4.90. The van der Waals surface area contributed by atoms with Gasteiger partial charge in [-0.15, -0.1) is 0 Å². The zero-order valence-electron chi connectivity index (χ0n) is 13.7. The molecule has 0 aliphatic heterocycles. The fourth-order valence-corrected chi connectivity index (χ4v) is 1.53. The van der Waals surface area contributed by atoms with E-state index in [-0.39, 0.29) is 6.42 Å². The molecular formula is C15H19F3N2O6. The first-order valence-corrected chi connectivity index (χ1v) is 7.15. The minimum Gasteiger partial charge on any atom is -0.497 e. The van der Waals surface area contributed by atoms with Gasteiger partial charge < -0.3 is 26.0 Å². The van der Waals surface area contributed by atoms with Gasteiger partial charge in [-0.05, 0) is 24.1 Å². The summed E-state index contributed by atoms with van der Waals surface area (Å²) < 4.78 is 36.8. The Morgan fingerprint density at radius 1 is 1.19 bits per heavy atom. The molecule has 146 valence electrons. The number of hydrogen-bond acceptors (Lipinski definition) is 5. The lowest BCUT2D eigenvalue weighted by Crippen LogP contribution is -2.42. The number of carbonyl (C=O) groups is 3. The fourth-order valence-electron chi connectivity index (χ4n) is 1.53. The van der Waals surface area contributed by atoms with E-state index in [1.165, 1.54) is 0 Å². The van der Waals surface area contributed by atoms with E-state index in [0.717, 1.165) is 11.3 Å². The van der Waals surface area contributed by atoms with Gasteiger partial charge in [0.15, 0.2) is 0 Å². The number of nitrogens with two attached hydrogens (primary N) is 1. The van der Waals surface area contributed by atoms with Crippen LogP contribution in [0.1, 0.15) is 12.0 Å². The van der Waals surface area contributed by atoms with Crippen molar-refractivity contribution in [2.24, 2.45) is 5.73 Å². The quantitative estimate of drug-likeness (QED) is 0.548. The topological polar surface area (TPSA) is 139 Å². The van der Waals surface area contributed by atoms with Crippen LogP contribution in [0.4, 0.5) is 13.2 Å². The van der Waals surface area contributed by atoms with Crippen LogP contribution in [0, 0.1) is 0 Å². The van der Waals surface area contributed by atoms with Crippen LogP contribution < -0.4 is 15.8 Å². The zero-order valence-corrected chi connectivity index (χ0v) is 13.7. The highest BCUT2D eigenvalue weighted by molar-refractivity contribution is 5.85. The predicted molar refractivity (Wildman–Crippen MR) is 83.6 cm³/mol. The number of alkyl halides is 3. The molecule has 0 spiro atoms. The second-order valence-electron chi connectivity index (χ2n) is 4.90. The number of carboxylic acid groups (broad SMARTS) is 2. The summed E-state index contributed by atoms with van der Waals surface area (Å²) in [5.41, 5.74) is 6.48. The lowest BCUT2D eigenvalue weighted by atomic mass is 10.1. The van der Waals surface area contributed by atoms with E-state index in [2.05, 4.69) is 5.32 Å². The first-order chi connectivity index (χ1) is 12.0. The average molecular weight is 380 g/mol. The number of methoxy groups -OCH3 is 1. The summed E-state index contributed by atoms with van der Waals surface area (Å²) in [5.74, 6) is -3.52. The van der Waals surface area contributed by atoms with E-state index >= 15 is 0 Å². The highest BCUT2D eigenvalue weighted by Crippen LogP contribution is 2.13. The van der Waals surface area contributed by atoms with Gasteiger partial charge in [0.25, 0.3) is 0 Å². The third kappa shape index (κ3) is 10.1. The summed E-state index contributed by atoms with van der Waals surface area (Å²) in [5, 5.41) is 18.2. The monoisotopic (exact) mass is 380 g/mol. The molecule has 1 aromatic carbocycles. The highest BCUT2D eigenvalue weighted by atomic mass is 19.4. The van der Waals surface area contributed by atoms with Crippen LogP contribution in [0.5, 0.6) is 5.75 Å². The molecule has 1 atom stereocenters. The van der Waals surface area contributed by atoms with E-state index in [1.807, 2.05) is 24.3 Å². The first kappa shape index (κ1) is 23.2. The van der Waals surface area contributed by atoms with Crippen molar-refractivity contribution in [1.82, 2.24) is 5.32 Å². The Kier molecular flexibility index (Phi) is 9.74. The number of carbonyl (C=O) groups excluding carboxylic acids is 1. The molecule has 0 aromatic heterocycles. The molecule has 1 amide bonds. The van der Waals surface area contributed by atoms with Crippen molar-refractivity contribution in [3.63, 3.8) is 0 Å². The van der Waals surface area contributed by atoms with Gasteiger partial charge in [0.1, 0.15) is 5.75 Å². The standard InChI is InChI=1S/C13H18N2O4.C2HF3O2/c1-19-10-4-2-9(3-5-10)6-7-15-13(18)11(14)8-12(16)17;3-2(4,5)1(6)7/h2-5,11H,6-8,14H2,1H3,(H,15,18)(H,16,17);(H,6,7)/t11-;/m0./s1. The van der Waals surface area contributed by atoms with Crippen molar-refractivity contribution >= 4 is 17.8 Å². The Morgan fingerprint density at radius 2 is 1.69 bits per heavy atom. The maximum absolute atomic E-state index is 11.4. The molecule has 0 saturated heterocycles. The Bertz CT molecular complexity index is 604. The summed E-state index contributed by atoms with van der Waals surface area (Å²) in [7, 11) is 1.60. The van der Waals surface area contributed by atoms with Gasteiger partial charge in [0, 0.05) is 6.54 Å². The molecule has 1 rings (SSSR count). The van der Waals surface area contributed by atoms with Gasteiger partial charge in [-0.25, -0.2) is 4.79 Å². The van der Waals surface area contributed by atoms with E-state index in [9.17, 15) is 22.8 Å². The van der Waals surface area contributed by atoms with Crippen LogP contribution in [0.15, 0.2) is 24.3 Å². The number of halogens is 3. The minimum atomic E-state index is -5.08. The third-order valence-electron chi connectivity index (χ3n) is 2.85. The molecule has 8 nitrogen and oxygen atoms in total. The van der Waals surface area contributed by atoms with E-state index in [4.69, 9.17) is 25.5 Å². The van der Waals surface area contributed by atoms with Gasteiger partial charge in [0.05, 0.1) is 19.6 Å². The van der Waals surface area contributed by atoms with Crippen molar-refractivity contribution in [3.8, 4) is 5.75 Å².